The maximum atomic E-state index is 5.80. The van der Waals surface area contributed by atoms with E-state index in [1.807, 2.05) is 11.6 Å². The van der Waals surface area contributed by atoms with Gasteiger partial charge in [0.05, 0.1) is 6.04 Å². The normalized spacial score (nSPS) is 15.8. The Hall–Kier alpha value is -1.70. The van der Waals surface area contributed by atoms with Crippen LogP contribution < -0.4 is 5.73 Å². The Bertz CT molecular complexity index is 591. The van der Waals surface area contributed by atoms with Crippen LogP contribution in [0.2, 0.25) is 0 Å². The monoisotopic (exact) mass is 291 g/mol. The van der Waals surface area contributed by atoms with E-state index in [4.69, 9.17) is 5.73 Å². The first-order valence-corrected chi connectivity index (χ1v) is 7.67. The average molecular weight is 291 g/mol. The molecule has 2 heterocycles. The van der Waals surface area contributed by atoms with Crippen molar-refractivity contribution in [2.45, 2.75) is 55.3 Å². The Balaban J connectivity index is 1.84. The number of nitrogens with two attached hydrogens (primary N) is 1. The van der Waals surface area contributed by atoms with Crippen molar-refractivity contribution in [3.8, 4) is 0 Å². The van der Waals surface area contributed by atoms with E-state index in [1.165, 1.54) is 24.6 Å². The van der Waals surface area contributed by atoms with Gasteiger partial charge in [0.15, 0.2) is 0 Å². The van der Waals surface area contributed by atoms with E-state index < -0.39 is 0 Å². The first-order chi connectivity index (χ1) is 9.76. The SMILES string of the molecule is CCc1nc(N)cc(Sc2nnnn2C2CCCC2)n1. The summed E-state index contributed by atoms with van der Waals surface area (Å²) in [4.78, 5) is 8.63. The number of nitrogens with zero attached hydrogens (tertiary/aromatic N) is 6. The van der Waals surface area contributed by atoms with Crippen LogP contribution in [0.4, 0.5) is 5.82 Å². The van der Waals surface area contributed by atoms with Gasteiger partial charge in [0.2, 0.25) is 5.16 Å². The van der Waals surface area contributed by atoms with Crippen molar-refractivity contribution >= 4 is 17.6 Å². The number of rotatable bonds is 4. The van der Waals surface area contributed by atoms with Crippen molar-refractivity contribution in [3.05, 3.63) is 11.9 Å². The quantitative estimate of drug-likeness (QED) is 0.859. The molecule has 106 valence electrons. The zero-order valence-electron chi connectivity index (χ0n) is 11.4. The van der Waals surface area contributed by atoms with Crippen LogP contribution in [-0.4, -0.2) is 30.2 Å². The van der Waals surface area contributed by atoms with Crippen LogP contribution in [0.25, 0.3) is 0 Å². The topological polar surface area (TPSA) is 95.4 Å². The van der Waals surface area contributed by atoms with E-state index in [9.17, 15) is 0 Å². The van der Waals surface area contributed by atoms with E-state index >= 15 is 0 Å². The number of tetrazole rings is 1. The smallest absolute Gasteiger partial charge is 0.215 e. The maximum absolute atomic E-state index is 5.80. The Kier molecular flexibility index (Phi) is 3.81. The standard InChI is InChI=1S/C12H17N7S/c1-2-10-14-9(13)7-11(15-10)20-12-16-17-18-19(12)8-5-3-4-6-8/h7-8H,2-6H2,1H3,(H2,13,14,15). The van der Waals surface area contributed by atoms with Crippen molar-refractivity contribution in [3.63, 3.8) is 0 Å². The highest BCUT2D eigenvalue weighted by Gasteiger charge is 2.22. The molecule has 1 saturated carbocycles. The third-order valence-corrected chi connectivity index (χ3v) is 4.28. The average Bonchev–Trinajstić information content (AvgIpc) is 3.08. The third kappa shape index (κ3) is 2.74. The molecule has 0 saturated heterocycles. The summed E-state index contributed by atoms with van der Waals surface area (Å²) in [6, 6.07) is 2.18. The second kappa shape index (κ2) is 5.74. The fourth-order valence-electron chi connectivity index (χ4n) is 2.43. The molecule has 2 N–H and O–H groups in total. The molecule has 0 amide bonds. The third-order valence-electron chi connectivity index (χ3n) is 3.41. The maximum Gasteiger partial charge on any atom is 0.215 e. The van der Waals surface area contributed by atoms with Crippen LogP contribution in [0.15, 0.2) is 16.2 Å². The highest BCUT2D eigenvalue weighted by molar-refractivity contribution is 7.99. The van der Waals surface area contributed by atoms with Crippen LogP contribution in [0.3, 0.4) is 0 Å². The van der Waals surface area contributed by atoms with Crippen molar-refractivity contribution in [1.82, 2.24) is 30.2 Å². The van der Waals surface area contributed by atoms with Crippen molar-refractivity contribution in [1.29, 1.82) is 0 Å². The minimum atomic E-state index is 0.414. The second-order valence-corrected chi connectivity index (χ2v) is 5.83. The molecule has 0 unspecified atom stereocenters. The first kappa shape index (κ1) is 13.3. The minimum absolute atomic E-state index is 0.414. The van der Waals surface area contributed by atoms with Gasteiger partial charge in [-0.25, -0.2) is 14.6 Å². The van der Waals surface area contributed by atoms with Crippen molar-refractivity contribution < 1.29 is 0 Å². The van der Waals surface area contributed by atoms with Crippen molar-refractivity contribution in [2.75, 3.05) is 5.73 Å². The fourth-order valence-corrected chi connectivity index (χ4v) is 3.30. The zero-order chi connectivity index (χ0) is 13.9. The number of aromatic nitrogens is 6. The largest absolute Gasteiger partial charge is 0.384 e. The lowest BCUT2D eigenvalue weighted by atomic mass is 10.3. The zero-order valence-corrected chi connectivity index (χ0v) is 12.2. The summed E-state index contributed by atoms with van der Waals surface area (Å²) >= 11 is 1.45. The summed E-state index contributed by atoms with van der Waals surface area (Å²) in [7, 11) is 0. The number of hydrogen-bond acceptors (Lipinski definition) is 7. The van der Waals surface area contributed by atoms with E-state index in [0.717, 1.165) is 35.3 Å². The predicted molar refractivity (Wildman–Crippen MR) is 75.3 cm³/mol. The summed E-state index contributed by atoms with van der Waals surface area (Å²) in [5, 5.41) is 13.6. The molecule has 20 heavy (non-hydrogen) atoms. The van der Waals surface area contributed by atoms with Gasteiger partial charge in [-0.15, -0.1) is 5.10 Å². The summed E-state index contributed by atoms with van der Waals surface area (Å²) in [5.41, 5.74) is 5.80. The molecular formula is C12H17N7S. The van der Waals surface area contributed by atoms with E-state index in [1.54, 1.807) is 6.07 Å². The molecule has 0 spiro atoms. The number of aryl methyl sites for hydroxylation is 1. The molecule has 1 aliphatic rings. The molecule has 0 bridgehead atoms. The van der Waals surface area contributed by atoms with E-state index in [0.29, 0.717) is 11.9 Å². The lowest BCUT2D eigenvalue weighted by Crippen LogP contribution is -2.08. The van der Waals surface area contributed by atoms with Gasteiger partial charge in [-0.05, 0) is 35.0 Å². The van der Waals surface area contributed by atoms with Gasteiger partial charge in [-0.3, -0.25) is 0 Å². The number of nitrogen functional groups attached to an aromatic ring is 1. The molecule has 2 aromatic heterocycles. The molecule has 0 aliphatic heterocycles. The van der Waals surface area contributed by atoms with E-state index in [2.05, 4.69) is 25.5 Å². The first-order valence-electron chi connectivity index (χ1n) is 6.85. The summed E-state index contributed by atoms with van der Waals surface area (Å²) in [5.74, 6) is 1.23. The summed E-state index contributed by atoms with van der Waals surface area (Å²) in [6.45, 7) is 2.01. The van der Waals surface area contributed by atoms with Crippen LogP contribution in [0, 0.1) is 0 Å². The molecule has 8 heteroatoms. The molecule has 1 fully saturated rings. The summed E-state index contributed by atoms with van der Waals surface area (Å²) < 4.78 is 1.92. The van der Waals surface area contributed by atoms with Crippen LogP contribution in [0.5, 0.6) is 0 Å². The lowest BCUT2D eigenvalue weighted by Gasteiger charge is -2.10. The van der Waals surface area contributed by atoms with E-state index in [-0.39, 0.29) is 0 Å². The lowest BCUT2D eigenvalue weighted by molar-refractivity contribution is 0.423. The molecule has 0 aromatic carbocycles. The Morgan fingerprint density at radius 1 is 1.35 bits per heavy atom. The van der Waals surface area contributed by atoms with Crippen LogP contribution >= 0.6 is 11.8 Å². The van der Waals surface area contributed by atoms with Gasteiger partial charge in [-0.2, -0.15) is 0 Å². The van der Waals surface area contributed by atoms with Gasteiger partial charge in [0.25, 0.3) is 0 Å². The number of hydrogen-bond donors (Lipinski definition) is 1. The molecule has 1 aliphatic carbocycles. The second-order valence-electron chi connectivity index (χ2n) is 4.85. The highest BCUT2D eigenvalue weighted by Crippen LogP contribution is 2.33. The van der Waals surface area contributed by atoms with Crippen molar-refractivity contribution in [2.24, 2.45) is 0 Å². The van der Waals surface area contributed by atoms with Gasteiger partial charge in [0, 0.05) is 12.5 Å². The van der Waals surface area contributed by atoms with Crippen LogP contribution in [0.1, 0.15) is 44.5 Å². The Labute approximate surface area is 121 Å². The number of anilines is 1. The van der Waals surface area contributed by atoms with Gasteiger partial charge in [-0.1, -0.05) is 19.8 Å². The molecule has 3 rings (SSSR count). The Morgan fingerprint density at radius 3 is 2.90 bits per heavy atom. The molecule has 0 atom stereocenters. The van der Waals surface area contributed by atoms with Crippen LogP contribution in [-0.2, 0) is 6.42 Å². The van der Waals surface area contributed by atoms with Gasteiger partial charge >= 0.3 is 0 Å². The molecule has 2 aromatic rings. The minimum Gasteiger partial charge on any atom is -0.384 e. The summed E-state index contributed by atoms with van der Waals surface area (Å²) in [6.07, 6.45) is 5.53. The molecule has 0 radical (unpaired) electrons. The Morgan fingerprint density at radius 2 is 2.15 bits per heavy atom. The van der Waals surface area contributed by atoms with Gasteiger partial charge in [0.1, 0.15) is 16.7 Å². The fraction of sp³-hybridized carbons (Fsp3) is 0.583. The molecule has 7 nitrogen and oxygen atoms in total. The van der Waals surface area contributed by atoms with Gasteiger partial charge < -0.3 is 5.73 Å². The highest BCUT2D eigenvalue weighted by atomic mass is 32.2. The molecular weight excluding hydrogens is 274 g/mol. The predicted octanol–water partition coefficient (Wildman–Crippen LogP) is 1.87.